The third-order valence-electron chi connectivity index (χ3n) is 2.32. The molecule has 0 fully saturated rings. The van der Waals surface area contributed by atoms with E-state index in [-0.39, 0.29) is 18.2 Å². The molecule has 0 heterocycles. The van der Waals surface area contributed by atoms with Gasteiger partial charge in [-0.25, -0.2) is 4.39 Å². The number of rotatable bonds is 5. The van der Waals surface area contributed by atoms with Gasteiger partial charge >= 0.3 is 0 Å². The molecule has 1 amide bonds. The van der Waals surface area contributed by atoms with Crippen molar-refractivity contribution in [3.63, 3.8) is 0 Å². The zero-order valence-electron chi connectivity index (χ0n) is 10.3. The number of hydrogen-bond donors (Lipinski definition) is 1. The summed E-state index contributed by atoms with van der Waals surface area (Å²) in [5, 5.41) is 2.95. The zero-order valence-corrected chi connectivity index (χ0v) is 10.3. The number of amides is 1. The van der Waals surface area contributed by atoms with E-state index in [1.807, 2.05) is 0 Å². The van der Waals surface area contributed by atoms with E-state index in [2.05, 4.69) is 5.32 Å². The van der Waals surface area contributed by atoms with E-state index in [4.69, 9.17) is 4.74 Å². The third kappa shape index (κ3) is 4.03. The van der Waals surface area contributed by atoms with Crippen molar-refractivity contribution in [2.24, 2.45) is 0 Å². The number of likely N-dealkylation sites (N-methyl/N-ethyl adjacent to an activating group) is 1. The molecule has 0 aliphatic carbocycles. The van der Waals surface area contributed by atoms with Gasteiger partial charge in [0.2, 0.25) is 5.91 Å². The van der Waals surface area contributed by atoms with E-state index in [9.17, 15) is 9.18 Å². The molecule has 94 valence electrons. The average Bonchev–Trinajstić information content (AvgIpc) is 2.29. The van der Waals surface area contributed by atoms with Crippen molar-refractivity contribution in [3.05, 3.63) is 29.6 Å². The van der Waals surface area contributed by atoms with E-state index in [1.54, 1.807) is 26.2 Å². The third-order valence-corrected chi connectivity index (χ3v) is 2.32. The fourth-order valence-corrected chi connectivity index (χ4v) is 1.29. The fraction of sp³-hybridized carbons (Fsp3) is 0.417. The number of nitrogens with zero attached hydrogens (tertiary/aromatic N) is 1. The van der Waals surface area contributed by atoms with Crippen LogP contribution < -0.4 is 10.1 Å². The van der Waals surface area contributed by atoms with Gasteiger partial charge in [-0.05, 0) is 17.7 Å². The van der Waals surface area contributed by atoms with Gasteiger partial charge in [0.15, 0.2) is 11.6 Å². The van der Waals surface area contributed by atoms with E-state index in [0.29, 0.717) is 6.54 Å². The molecular weight excluding hydrogens is 223 g/mol. The molecule has 0 aliphatic heterocycles. The van der Waals surface area contributed by atoms with Crippen LogP contribution in [0.3, 0.4) is 0 Å². The summed E-state index contributed by atoms with van der Waals surface area (Å²) in [7, 11) is 4.81. The smallest absolute Gasteiger partial charge is 0.236 e. The summed E-state index contributed by atoms with van der Waals surface area (Å²) in [6.45, 7) is 0.682. The van der Waals surface area contributed by atoms with Crippen LogP contribution in [0.4, 0.5) is 4.39 Å². The number of nitrogens with one attached hydrogen (secondary N) is 1. The Hall–Kier alpha value is -1.62. The van der Waals surface area contributed by atoms with Crippen LogP contribution in [0.15, 0.2) is 18.2 Å². The molecule has 1 aromatic rings. The Kier molecular flexibility index (Phi) is 4.90. The van der Waals surface area contributed by atoms with Gasteiger partial charge < -0.3 is 15.0 Å². The second-order valence-corrected chi connectivity index (χ2v) is 3.86. The maximum atomic E-state index is 13.3. The monoisotopic (exact) mass is 240 g/mol. The number of benzene rings is 1. The molecule has 0 atom stereocenters. The van der Waals surface area contributed by atoms with Gasteiger partial charge in [0.1, 0.15) is 0 Å². The highest BCUT2D eigenvalue weighted by Crippen LogP contribution is 2.17. The van der Waals surface area contributed by atoms with Gasteiger partial charge in [-0.1, -0.05) is 6.07 Å². The molecule has 0 spiro atoms. The van der Waals surface area contributed by atoms with Crippen LogP contribution in [0.25, 0.3) is 0 Å². The number of methoxy groups -OCH3 is 1. The molecule has 1 N–H and O–H groups in total. The first-order chi connectivity index (χ1) is 8.04. The maximum Gasteiger partial charge on any atom is 0.236 e. The lowest BCUT2D eigenvalue weighted by molar-refractivity contribution is -0.127. The Morgan fingerprint density at radius 1 is 1.47 bits per heavy atom. The van der Waals surface area contributed by atoms with Crippen LogP contribution in [-0.2, 0) is 11.3 Å². The topological polar surface area (TPSA) is 41.6 Å². The molecule has 5 heteroatoms. The molecular formula is C12H17FN2O2. The van der Waals surface area contributed by atoms with Crippen molar-refractivity contribution in [2.75, 3.05) is 27.7 Å². The van der Waals surface area contributed by atoms with Crippen molar-refractivity contribution in [1.82, 2.24) is 10.2 Å². The largest absolute Gasteiger partial charge is 0.494 e. The number of hydrogen-bond acceptors (Lipinski definition) is 3. The SMILES string of the molecule is COc1ccc(CNCC(=O)N(C)C)cc1F. The van der Waals surface area contributed by atoms with Gasteiger partial charge in [0.05, 0.1) is 13.7 Å². The van der Waals surface area contributed by atoms with Crippen LogP contribution in [0.5, 0.6) is 5.75 Å². The van der Waals surface area contributed by atoms with Gasteiger partial charge in [-0.15, -0.1) is 0 Å². The molecule has 0 aliphatic rings. The first-order valence-electron chi connectivity index (χ1n) is 5.28. The predicted octanol–water partition coefficient (Wildman–Crippen LogP) is 1.01. The Bertz CT molecular complexity index is 394. The molecule has 0 saturated carbocycles. The van der Waals surface area contributed by atoms with Crippen molar-refractivity contribution in [3.8, 4) is 5.75 Å². The highest BCUT2D eigenvalue weighted by atomic mass is 19.1. The minimum absolute atomic E-state index is 0.0148. The molecule has 1 aromatic carbocycles. The van der Waals surface area contributed by atoms with Crippen molar-refractivity contribution < 1.29 is 13.9 Å². The maximum absolute atomic E-state index is 13.3. The Morgan fingerprint density at radius 3 is 2.71 bits per heavy atom. The summed E-state index contributed by atoms with van der Waals surface area (Å²) >= 11 is 0. The summed E-state index contributed by atoms with van der Waals surface area (Å²) < 4.78 is 18.2. The van der Waals surface area contributed by atoms with E-state index < -0.39 is 5.82 Å². The van der Waals surface area contributed by atoms with Crippen LogP contribution in [0, 0.1) is 5.82 Å². The second kappa shape index (κ2) is 6.20. The fourth-order valence-electron chi connectivity index (χ4n) is 1.29. The standard InChI is InChI=1S/C12H17FN2O2/c1-15(2)12(16)8-14-7-9-4-5-11(17-3)10(13)6-9/h4-6,14H,7-8H2,1-3H3. The van der Waals surface area contributed by atoms with Crippen LogP contribution >= 0.6 is 0 Å². The Labute approximate surface area is 100 Å². The molecule has 17 heavy (non-hydrogen) atoms. The van der Waals surface area contributed by atoms with Crippen LogP contribution in [-0.4, -0.2) is 38.6 Å². The summed E-state index contributed by atoms with van der Waals surface area (Å²) in [5.74, 6) is -0.192. The van der Waals surface area contributed by atoms with E-state index in [0.717, 1.165) is 5.56 Å². The molecule has 4 nitrogen and oxygen atoms in total. The number of carbonyl (C=O) groups excluding carboxylic acids is 1. The molecule has 0 saturated heterocycles. The van der Waals surface area contributed by atoms with E-state index >= 15 is 0 Å². The first kappa shape index (κ1) is 13.4. The molecule has 0 bridgehead atoms. The lowest BCUT2D eigenvalue weighted by Crippen LogP contribution is -2.32. The average molecular weight is 240 g/mol. The summed E-state index contributed by atoms with van der Waals surface area (Å²) in [5.41, 5.74) is 0.773. The van der Waals surface area contributed by atoms with Crippen LogP contribution in [0.1, 0.15) is 5.56 Å². The molecule has 1 rings (SSSR count). The minimum atomic E-state index is -0.397. The summed E-state index contributed by atoms with van der Waals surface area (Å²) in [6.07, 6.45) is 0. The number of halogens is 1. The predicted molar refractivity (Wildman–Crippen MR) is 63.4 cm³/mol. The summed E-state index contributed by atoms with van der Waals surface area (Å²) in [4.78, 5) is 12.8. The lowest BCUT2D eigenvalue weighted by atomic mass is 10.2. The minimum Gasteiger partial charge on any atom is -0.494 e. The highest BCUT2D eigenvalue weighted by Gasteiger charge is 2.05. The van der Waals surface area contributed by atoms with E-state index in [1.165, 1.54) is 18.1 Å². The highest BCUT2D eigenvalue weighted by molar-refractivity contribution is 5.77. The molecule has 0 unspecified atom stereocenters. The van der Waals surface area contributed by atoms with Crippen LogP contribution in [0.2, 0.25) is 0 Å². The number of carbonyl (C=O) groups is 1. The Morgan fingerprint density at radius 2 is 2.18 bits per heavy atom. The van der Waals surface area contributed by atoms with Gasteiger partial charge in [-0.3, -0.25) is 4.79 Å². The number of ether oxygens (including phenoxy) is 1. The first-order valence-corrected chi connectivity index (χ1v) is 5.28. The molecule has 0 aromatic heterocycles. The lowest BCUT2D eigenvalue weighted by Gasteiger charge is -2.11. The Balaban J connectivity index is 2.47. The van der Waals surface area contributed by atoms with Crippen molar-refractivity contribution >= 4 is 5.91 Å². The zero-order chi connectivity index (χ0) is 12.8. The molecule has 0 radical (unpaired) electrons. The summed E-state index contributed by atoms with van der Waals surface area (Å²) in [6, 6.07) is 4.72. The second-order valence-electron chi connectivity index (χ2n) is 3.86. The quantitative estimate of drug-likeness (QED) is 0.835. The van der Waals surface area contributed by atoms with Gasteiger partial charge in [0.25, 0.3) is 0 Å². The normalized spacial score (nSPS) is 10.1. The van der Waals surface area contributed by atoms with Crippen molar-refractivity contribution in [2.45, 2.75) is 6.54 Å². The van der Waals surface area contributed by atoms with Gasteiger partial charge in [-0.2, -0.15) is 0 Å². The van der Waals surface area contributed by atoms with Gasteiger partial charge in [0, 0.05) is 20.6 Å². The van der Waals surface area contributed by atoms with Crippen molar-refractivity contribution in [1.29, 1.82) is 0 Å².